The molecule has 2 nitrogen and oxygen atoms in total. The van der Waals surface area contributed by atoms with E-state index in [1.54, 1.807) is 0 Å². The molecule has 1 aliphatic carbocycles. The molecule has 0 saturated heterocycles. The maximum absolute atomic E-state index is 12.5. The lowest BCUT2D eigenvalue weighted by atomic mass is 10.1. The van der Waals surface area contributed by atoms with Crippen molar-refractivity contribution in [3.8, 4) is 0 Å². The van der Waals surface area contributed by atoms with Crippen LogP contribution in [0.4, 0.5) is 18.9 Å². The molecule has 0 radical (unpaired) electrons. The number of alkyl halides is 3. The van der Waals surface area contributed by atoms with Crippen molar-refractivity contribution in [3.05, 3.63) is 28.2 Å². The monoisotopic (exact) mass is 323 g/mol. The molecule has 0 amide bonds. The summed E-state index contributed by atoms with van der Waals surface area (Å²) < 4.78 is 37.8. The Morgan fingerprint density at radius 3 is 2.44 bits per heavy atom. The normalized spacial score (nSPS) is 17.6. The quantitative estimate of drug-likeness (QED) is 0.886. The molecule has 1 aliphatic rings. The maximum Gasteiger partial charge on any atom is 0.416 e. The molecule has 0 atom stereocenters. The smallest absolute Gasteiger partial charge is 0.396 e. The first-order chi connectivity index (χ1) is 8.36. The first-order valence-electron chi connectivity index (χ1n) is 5.58. The van der Waals surface area contributed by atoms with Crippen molar-refractivity contribution in [2.45, 2.75) is 19.0 Å². The lowest BCUT2D eigenvalue weighted by Gasteiger charge is -2.16. The number of nitrogens with one attached hydrogen (secondary N) is 1. The highest BCUT2D eigenvalue weighted by Gasteiger charge is 2.41. The number of halogens is 4. The van der Waals surface area contributed by atoms with Crippen molar-refractivity contribution >= 4 is 21.6 Å². The molecule has 0 spiro atoms. The van der Waals surface area contributed by atoms with E-state index in [9.17, 15) is 13.2 Å². The van der Waals surface area contributed by atoms with Gasteiger partial charge in [0.2, 0.25) is 0 Å². The Bertz CT molecular complexity index is 443. The van der Waals surface area contributed by atoms with Gasteiger partial charge in [0.05, 0.1) is 12.2 Å². The maximum atomic E-state index is 12.5. The van der Waals surface area contributed by atoms with Crippen LogP contribution in [0.1, 0.15) is 18.4 Å². The van der Waals surface area contributed by atoms with E-state index in [0.717, 1.165) is 25.0 Å². The Balaban J connectivity index is 2.06. The Hall–Kier alpha value is -0.750. The highest BCUT2D eigenvalue weighted by molar-refractivity contribution is 9.10. The van der Waals surface area contributed by atoms with Gasteiger partial charge in [-0.1, -0.05) is 0 Å². The summed E-state index contributed by atoms with van der Waals surface area (Å²) in [6, 6.07) is 3.51. The second-order valence-corrected chi connectivity index (χ2v) is 5.56. The number of aliphatic hydroxyl groups is 1. The molecule has 1 fully saturated rings. The van der Waals surface area contributed by atoms with Crippen LogP contribution in [0.2, 0.25) is 0 Å². The van der Waals surface area contributed by atoms with Gasteiger partial charge in [0.15, 0.2) is 0 Å². The van der Waals surface area contributed by atoms with Crippen molar-refractivity contribution in [1.82, 2.24) is 0 Å². The zero-order valence-corrected chi connectivity index (χ0v) is 11.1. The molecule has 100 valence electrons. The molecule has 0 bridgehead atoms. The van der Waals surface area contributed by atoms with Crippen LogP contribution >= 0.6 is 15.9 Å². The Morgan fingerprint density at radius 1 is 1.33 bits per heavy atom. The fourth-order valence-corrected chi connectivity index (χ4v) is 2.20. The first-order valence-corrected chi connectivity index (χ1v) is 6.37. The Labute approximate surface area is 111 Å². The van der Waals surface area contributed by atoms with E-state index in [2.05, 4.69) is 21.2 Å². The number of aliphatic hydroxyl groups excluding tert-OH is 1. The predicted molar refractivity (Wildman–Crippen MR) is 66.4 cm³/mol. The van der Waals surface area contributed by atoms with Crippen molar-refractivity contribution in [3.63, 3.8) is 0 Å². The standard InChI is InChI=1S/C12H13BrF3NO/c13-9-5-8(12(14,15)16)1-2-10(9)17-6-11(7-18)3-4-11/h1-2,5,17-18H,3-4,6-7H2. The Morgan fingerprint density at radius 2 is 2.00 bits per heavy atom. The molecule has 2 N–H and O–H groups in total. The first kappa shape index (κ1) is 13.7. The molecule has 0 aliphatic heterocycles. The van der Waals surface area contributed by atoms with Gasteiger partial charge in [0.25, 0.3) is 0 Å². The van der Waals surface area contributed by atoms with E-state index in [0.29, 0.717) is 16.7 Å². The Kier molecular flexibility index (Phi) is 3.60. The van der Waals surface area contributed by atoms with Crippen molar-refractivity contribution in [2.75, 3.05) is 18.5 Å². The highest BCUT2D eigenvalue weighted by Crippen LogP contribution is 2.45. The number of anilines is 1. The van der Waals surface area contributed by atoms with Gasteiger partial charge in [0, 0.05) is 22.1 Å². The van der Waals surface area contributed by atoms with E-state index >= 15 is 0 Å². The van der Waals surface area contributed by atoms with Crippen molar-refractivity contribution < 1.29 is 18.3 Å². The number of hydrogen-bond acceptors (Lipinski definition) is 2. The van der Waals surface area contributed by atoms with Gasteiger partial charge in [-0.05, 0) is 47.0 Å². The van der Waals surface area contributed by atoms with Crippen LogP contribution in [0.3, 0.4) is 0 Å². The minimum Gasteiger partial charge on any atom is -0.396 e. The zero-order valence-electron chi connectivity index (χ0n) is 9.52. The molecular weight excluding hydrogens is 311 g/mol. The molecule has 0 heterocycles. The summed E-state index contributed by atoms with van der Waals surface area (Å²) in [7, 11) is 0. The van der Waals surface area contributed by atoms with Crippen LogP contribution in [0.25, 0.3) is 0 Å². The summed E-state index contributed by atoms with van der Waals surface area (Å²) in [5, 5.41) is 12.2. The third kappa shape index (κ3) is 2.98. The van der Waals surface area contributed by atoms with Crippen LogP contribution in [0.15, 0.2) is 22.7 Å². The van der Waals surface area contributed by atoms with Gasteiger partial charge in [-0.15, -0.1) is 0 Å². The van der Waals surface area contributed by atoms with Gasteiger partial charge in [-0.3, -0.25) is 0 Å². The predicted octanol–water partition coefficient (Wildman–Crippen LogP) is 3.65. The van der Waals surface area contributed by atoms with Crippen LogP contribution in [0.5, 0.6) is 0 Å². The average molecular weight is 324 g/mol. The van der Waals surface area contributed by atoms with E-state index < -0.39 is 11.7 Å². The lowest BCUT2D eigenvalue weighted by Crippen LogP contribution is -2.19. The average Bonchev–Trinajstić information content (AvgIpc) is 3.07. The largest absolute Gasteiger partial charge is 0.416 e. The molecule has 0 unspecified atom stereocenters. The lowest BCUT2D eigenvalue weighted by molar-refractivity contribution is -0.137. The van der Waals surface area contributed by atoms with E-state index in [-0.39, 0.29) is 12.0 Å². The van der Waals surface area contributed by atoms with E-state index in [1.165, 1.54) is 6.07 Å². The number of benzene rings is 1. The molecule has 6 heteroatoms. The summed E-state index contributed by atoms with van der Waals surface area (Å²) >= 11 is 3.12. The third-order valence-electron chi connectivity index (χ3n) is 3.24. The molecular formula is C12H13BrF3NO. The number of rotatable bonds is 4. The third-order valence-corrected chi connectivity index (χ3v) is 3.90. The summed E-state index contributed by atoms with van der Waals surface area (Å²) in [6.07, 6.45) is -2.42. The molecule has 1 saturated carbocycles. The van der Waals surface area contributed by atoms with Gasteiger partial charge >= 0.3 is 6.18 Å². The van der Waals surface area contributed by atoms with Gasteiger partial charge in [-0.25, -0.2) is 0 Å². The topological polar surface area (TPSA) is 32.3 Å². The van der Waals surface area contributed by atoms with Crippen molar-refractivity contribution in [2.24, 2.45) is 5.41 Å². The van der Waals surface area contributed by atoms with Crippen LogP contribution in [-0.2, 0) is 6.18 Å². The zero-order chi connectivity index (χ0) is 13.4. The fraction of sp³-hybridized carbons (Fsp3) is 0.500. The minimum absolute atomic E-state index is 0.0812. The summed E-state index contributed by atoms with van der Waals surface area (Å²) in [5.41, 5.74) is -0.145. The van der Waals surface area contributed by atoms with E-state index in [4.69, 9.17) is 5.11 Å². The summed E-state index contributed by atoms with van der Waals surface area (Å²) in [4.78, 5) is 0. The fourth-order valence-electron chi connectivity index (χ4n) is 1.69. The van der Waals surface area contributed by atoms with Crippen molar-refractivity contribution in [1.29, 1.82) is 0 Å². The highest BCUT2D eigenvalue weighted by atomic mass is 79.9. The molecule has 2 rings (SSSR count). The molecule has 0 aromatic heterocycles. The minimum atomic E-state index is -4.33. The molecule has 1 aromatic carbocycles. The SMILES string of the molecule is OCC1(CNc2ccc(C(F)(F)F)cc2Br)CC1. The molecule has 1 aromatic rings. The van der Waals surface area contributed by atoms with Gasteiger partial charge in [-0.2, -0.15) is 13.2 Å². The molecule has 18 heavy (non-hydrogen) atoms. The van der Waals surface area contributed by atoms with Crippen LogP contribution in [-0.4, -0.2) is 18.3 Å². The second-order valence-electron chi connectivity index (χ2n) is 4.70. The van der Waals surface area contributed by atoms with Gasteiger partial charge < -0.3 is 10.4 Å². The van der Waals surface area contributed by atoms with Crippen LogP contribution < -0.4 is 5.32 Å². The summed E-state index contributed by atoms with van der Waals surface area (Å²) in [5.74, 6) is 0. The number of hydrogen-bond donors (Lipinski definition) is 2. The van der Waals surface area contributed by atoms with E-state index in [1.807, 2.05) is 0 Å². The van der Waals surface area contributed by atoms with Gasteiger partial charge in [0.1, 0.15) is 0 Å². The van der Waals surface area contributed by atoms with Crippen LogP contribution in [0, 0.1) is 5.41 Å². The summed E-state index contributed by atoms with van der Waals surface area (Å²) in [6.45, 7) is 0.686. The second kappa shape index (κ2) is 4.74.